The Labute approximate surface area is 214 Å². The van der Waals surface area contributed by atoms with Gasteiger partial charge in [-0.25, -0.2) is 0 Å². The monoisotopic (exact) mass is 506 g/mol. The van der Waals surface area contributed by atoms with Crippen molar-refractivity contribution in [2.45, 2.75) is 18.9 Å². The second-order valence-electron chi connectivity index (χ2n) is 8.08. The molecule has 4 rings (SSSR count). The predicted molar refractivity (Wildman–Crippen MR) is 145 cm³/mol. The molecule has 180 valence electrons. The zero-order valence-electron chi connectivity index (χ0n) is 19.5. The highest BCUT2D eigenvalue weighted by molar-refractivity contribution is 7.19. The van der Waals surface area contributed by atoms with Crippen molar-refractivity contribution in [2.24, 2.45) is 17.8 Å². The van der Waals surface area contributed by atoms with Gasteiger partial charge >= 0.3 is 0 Å². The Kier molecular flexibility index (Phi) is 7.94. The lowest BCUT2D eigenvalue weighted by Gasteiger charge is -2.23. The van der Waals surface area contributed by atoms with Crippen LogP contribution in [0.15, 0.2) is 66.3 Å². The first-order chi connectivity index (χ1) is 17.0. The number of rotatable bonds is 8. The molecule has 3 aromatic heterocycles. The van der Waals surface area contributed by atoms with E-state index in [1.807, 2.05) is 54.4 Å². The highest BCUT2D eigenvalue weighted by atomic mass is 35.5. The number of halogens is 1. The first kappa shape index (κ1) is 24.6. The fraction of sp³-hybridized carbons (Fsp3) is 0.231. The number of amides is 1. The van der Waals surface area contributed by atoms with Crippen molar-refractivity contribution in [1.29, 1.82) is 0 Å². The number of pyridine rings is 1. The third-order valence-electron chi connectivity index (χ3n) is 5.78. The smallest absolute Gasteiger partial charge is 0.275 e. The Morgan fingerprint density at radius 2 is 2.23 bits per heavy atom. The molecule has 0 radical (unpaired) electrons. The van der Waals surface area contributed by atoms with Gasteiger partial charge in [-0.1, -0.05) is 36.4 Å². The van der Waals surface area contributed by atoms with Gasteiger partial charge in [0, 0.05) is 30.9 Å². The van der Waals surface area contributed by atoms with Gasteiger partial charge in [0.1, 0.15) is 0 Å². The molecule has 1 saturated heterocycles. The number of aliphatic imine (C=N–C) groups is 1. The highest BCUT2D eigenvalue weighted by Gasteiger charge is 2.33. The molecule has 1 atom stereocenters. The van der Waals surface area contributed by atoms with Crippen LogP contribution in [0.25, 0.3) is 22.2 Å². The van der Waals surface area contributed by atoms with Crippen molar-refractivity contribution in [1.82, 2.24) is 19.7 Å². The molecule has 0 bridgehead atoms. The molecular weight excluding hydrogens is 480 g/mol. The molecule has 1 aliphatic heterocycles. The summed E-state index contributed by atoms with van der Waals surface area (Å²) < 4.78 is 2.39. The molecule has 1 amide bonds. The predicted octanol–water partition coefficient (Wildman–Crippen LogP) is 5.07. The Hall–Kier alpha value is -3.49. The molecular formula is C26H27ClN6OS. The zero-order chi connectivity index (χ0) is 24.8. The van der Waals surface area contributed by atoms with Crippen LogP contribution in [-0.4, -0.2) is 50.9 Å². The molecule has 7 nitrogen and oxygen atoms in total. The van der Waals surface area contributed by atoms with E-state index >= 15 is 0 Å². The molecule has 1 fully saturated rings. The Bertz CT molecular complexity index is 1290. The fourth-order valence-corrected chi connectivity index (χ4v) is 5.19. The van der Waals surface area contributed by atoms with Gasteiger partial charge in [0.05, 0.1) is 39.6 Å². The second-order valence-corrected chi connectivity index (χ2v) is 9.79. The molecule has 0 aliphatic carbocycles. The number of aromatic nitrogens is 3. The van der Waals surface area contributed by atoms with Gasteiger partial charge in [-0.05, 0) is 49.3 Å². The number of likely N-dealkylation sites (tertiary alicyclic amines) is 1. The van der Waals surface area contributed by atoms with E-state index in [1.54, 1.807) is 29.2 Å². The van der Waals surface area contributed by atoms with Gasteiger partial charge in [-0.2, -0.15) is 5.10 Å². The van der Waals surface area contributed by atoms with E-state index in [1.165, 1.54) is 11.3 Å². The van der Waals surface area contributed by atoms with Crippen LogP contribution in [0.3, 0.4) is 0 Å². The number of hydrogen-bond donors (Lipinski definition) is 1. The Morgan fingerprint density at radius 3 is 2.94 bits per heavy atom. The van der Waals surface area contributed by atoms with Crippen molar-refractivity contribution < 1.29 is 4.79 Å². The van der Waals surface area contributed by atoms with Gasteiger partial charge in [-0.15, -0.1) is 11.3 Å². The zero-order valence-corrected chi connectivity index (χ0v) is 21.0. The lowest BCUT2D eigenvalue weighted by atomic mass is 10.1. The summed E-state index contributed by atoms with van der Waals surface area (Å²) >= 11 is 7.65. The molecule has 1 aliphatic rings. The van der Waals surface area contributed by atoms with Gasteiger partial charge in [0.25, 0.3) is 5.91 Å². The average molecular weight is 507 g/mol. The van der Waals surface area contributed by atoms with Crippen molar-refractivity contribution in [3.8, 4) is 10.4 Å². The van der Waals surface area contributed by atoms with Gasteiger partial charge in [-0.3, -0.25) is 19.5 Å². The number of nitrogens with zero attached hydrogens (tertiary/aromatic N) is 5. The van der Waals surface area contributed by atoms with Crippen LogP contribution in [0.2, 0.25) is 4.34 Å². The number of thiophene rings is 1. The van der Waals surface area contributed by atoms with Crippen LogP contribution >= 0.6 is 22.9 Å². The minimum atomic E-state index is -0.0976. The summed E-state index contributed by atoms with van der Waals surface area (Å²) in [5.41, 5.74) is 9.36. The summed E-state index contributed by atoms with van der Waals surface area (Å²) in [6.07, 6.45) is 12.4. The van der Waals surface area contributed by atoms with E-state index in [0.717, 1.165) is 29.0 Å². The minimum absolute atomic E-state index is 0.00262. The molecule has 35 heavy (non-hydrogen) atoms. The number of nitrogens with two attached hydrogens (primary N) is 1. The molecule has 0 aromatic carbocycles. The number of carbonyl (C=O) groups is 1. The second kappa shape index (κ2) is 11.3. The van der Waals surface area contributed by atoms with E-state index in [0.29, 0.717) is 34.5 Å². The van der Waals surface area contributed by atoms with Crippen molar-refractivity contribution in [2.75, 3.05) is 13.1 Å². The SMILES string of the molecule is C=C/C=C\c1c(-c2ccc(Cl)s2)c(C(=O)N2CCC[C@H]2CN=C/C=C(\N)c2ccccn2)nn1C. The van der Waals surface area contributed by atoms with Crippen LogP contribution in [0, 0.1) is 0 Å². The first-order valence-corrected chi connectivity index (χ1v) is 12.5. The normalized spacial score (nSPS) is 16.6. The number of aryl methyl sites for hydroxylation is 1. The van der Waals surface area contributed by atoms with E-state index < -0.39 is 0 Å². The van der Waals surface area contributed by atoms with Gasteiger partial charge < -0.3 is 10.6 Å². The highest BCUT2D eigenvalue weighted by Crippen LogP contribution is 2.37. The standard InChI is InChI=1S/C26H27ClN6OS/c1-3-4-10-21-24(22-11-12-23(27)35-22)25(31-32(21)2)26(34)33-16-7-8-18(33)17-29-15-13-19(28)20-9-5-6-14-30-20/h3-6,9-15,18H,1,7-8,16-17,28H2,2H3/b10-4-,19-13-,29-15?/t18-/m0/s1. The van der Waals surface area contributed by atoms with Crippen LogP contribution in [-0.2, 0) is 7.05 Å². The maximum absolute atomic E-state index is 13.7. The molecule has 3 aromatic rings. The van der Waals surface area contributed by atoms with Crippen molar-refractivity contribution in [3.63, 3.8) is 0 Å². The van der Waals surface area contributed by atoms with Gasteiger partial charge in [0.2, 0.25) is 0 Å². The van der Waals surface area contributed by atoms with E-state index in [4.69, 9.17) is 17.3 Å². The molecule has 9 heteroatoms. The summed E-state index contributed by atoms with van der Waals surface area (Å²) in [7, 11) is 1.84. The van der Waals surface area contributed by atoms with E-state index in [9.17, 15) is 4.79 Å². The quantitative estimate of drug-likeness (QED) is 0.341. The maximum Gasteiger partial charge on any atom is 0.275 e. The molecule has 0 saturated carbocycles. The maximum atomic E-state index is 13.7. The lowest BCUT2D eigenvalue weighted by molar-refractivity contribution is 0.0735. The van der Waals surface area contributed by atoms with Crippen LogP contribution in [0.1, 0.15) is 34.7 Å². The molecule has 0 spiro atoms. The number of allylic oxidation sites excluding steroid dienone is 3. The summed E-state index contributed by atoms with van der Waals surface area (Å²) in [6, 6.07) is 9.34. The van der Waals surface area contributed by atoms with Crippen LogP contribution < -0.4 is 5.73 Å². The van der Waals surface area contributed by atoms with E-state index in [-0.39, 0.29) is 11.9 Å². The third-order valence-corrected chi connectivity index (χ3v) is 7.03. The molecule has 2 N–H and O–H groups in total. The Balaban J connectivity index is 1.56. The summed E-state index contributed by atoms with van der Waals surface area (Å²) in [6.45, 7) is 4.92. The van der Waals surface area contributed by atoms with Gasteiger partial charge in [0.15, 0.2) is 5.69 Å². The number of carbonyl (C=O) groups excluding carboxylic acids is 1. The lowest BCUT2D eigenvalue weighted by Crippen LogP contribution is -2.37. The first-order valence-electron chi connectivity index (χ1n) is 11.3. The topological polar surface area (TPSA) is 89.4 Å². The average Bonchev–Trinajstić information content (AvgIpc) is 3.59. The minimum Gasteiger partial charge on any atom is -0.397 e. The molecule has 0 unspecified atom stereocenters. The van der Waals surface area contributed by atoms with Crippen LogP contribution in [0.5, 0.6) is 0 Å². The van der Waals surface area contributed by atoms with Crippen molar-refractivity contribution in [3.05, 3.63) is 82.8 Å². The summed E-state index contributed by atoms with van der Waals surface area (Å²) in [5, 5.41) is 4.61. The Morgan fingerprint density at radius 1 is 1.37 bits per heavy atom. The summed E-state index contributed by atoms with van der Waals surface area (Å²) in [4.78, 5) is 25.2. The largest absolute Gasteiger partial charge is 0.397 e. The van der Waals surface area contributed by atoms with Crippen LogP contribution in [0.4, 0.5) is 0 Å². The fourth-order valence-electron chi connectivity index (χ4n) is 4.09. The van der Waals surface area contributed by atoms with E-state index in [2.05, 4.69) is 21.7 Å². The van der Waals surface area contributed by atoms with Crippen molar-refractivity contribution >= 4 is 46.8 Å². The summed E-state index contributed by atoms with van der Waals surface area (Å²) in [5.74, 6) is -0.0976. The third kappa shape index (κ3) is 5.61. The number of hydrogen-bond acceptors (Lipinski definition) is 6. The molecule has 4 heterocycles.